The lowest BCUT2D eigenvalue weighted by Crippen LogP contribution is -2.11. The van der Waals surface area contributed by atoms with Crippen LogP contribution in [0, 0.1) is 5.82 Å². The summed E-state index contributed by atoms with van der Waals surface area (Å²) in [6.07, 6.45) is 1.81. The number of sulfone groups is 1. The molecule has 2 N–H and O–H groups in total. The number of anilines is 1. The summed E-state index contributed by atoms with van der Waals surface area (Å²) in [6.45, 7) is 0. The van der Waals surface area contributed by atoms with E-state index in [2.05, 4.69) is 0 Å². The molecule has 1 rings (SSSR count). The Bertz CT molecular complexity index is 445. The first-order chi connectivity index (χ1) is 6.97. The number of nitrogen functional groups attached to an aromatic ring is 1. The molecule has 0 unspecified atom stereocenters. The Morgan fingerprint density at radius 2 is 2.13 bits per heavy atom. The molecule has 84 valence electrons. The van der Waals surface area contributed by atoms with E-state index in [4.69, 9.17) is 5.73 Å². The van der Waals surface area contributed by atoms with Crippen molar-refractivity contribution in [2.45, 2.75) is 4.90 Å². The molecule has 0 heterocycles. The molecule has 0 aromatic heterocycles. The van der Waals surface area contributed by atoms with Gasteiger partial charge >= 0.3 is 0 Å². The molecule has 1 aromatic carbocycles. The lowest BCUT2D eigenvalue weighted by atomic mass is 10.3. The van der Waals surface area contributed by atoms with Gasteiger partial charge in [0.25, 0.3) is 0 Å². The summed E-state index contributed by atoms with van der Waals surface area (Å²) in [7, 11) is -3.46. The van der Waals surface area contributed by atoms with E-state index in [1.54, 1.807) is 0 Å². The van der Waals surface area contributed by atoms with Crippen LogP contribution in [0.15, 0.2) is 23.1 Å². The molecule has 1 aromatic rings. The molecule has 0 aliphatic heterocycles. The van der Waals surface area contributed by atoms with Gasteiger partial charge in [-0.3, -0.25) is 0 Å². The minimum atomic E-state index is -3.46. The van der Waals surface area contributed by atoms with E-state index in [-0.39, 0.29) is 16.3 Å². The van der Waals surface area contributed by atoms with Crippen molar-refractivity contribution < 1.29 is 12.8 Å². The first kappa shape index (κ1) is 12.3. The van der Waals surface area contributed by atoms with Crippen molar-refractivity contribution >= 4 is 27.3 Å². The minimum absolute atomic E-state index is 0.0260. The maximum atomic E-state index is 12.9. The second kappa shape index (κ2) is 4.85. The topological polar surface area (TPSA) is 60.2 Å². The lowest BCUT2D eigenvalue weighted by molar-refractivity contribution is 0.593. The van der Waals surface area contributed by atoms with Crippen molar-refractivity contribution in [3.63, 3.8) is 0 Å². The summed E-state index contributed by atoms with van der Waals surface area (Å²) >= 11 is 1.42. The van der Waals surface area contributed by atoms with E-state index in [0.717, 1.165) is 12.1 Å². The quantitative estimate of drug-likeness (QED) is 0.822. The molecule has 6 heteroatoms. The highest BCUT2D eigenvalue weighted by atomic mass is 32.2. The van der Waals surface area contributed by atoms with Gasteiger partial charge in [-0.05, 0) is 24.5 Å². The van der Waals surface area contributed by atoms with Crippen molar-refractivity contribution in [3.8, 4) is 0 Å². The van der Waals surface area contributed by atoms with Gasteiger partial charge in [0, 0.05) is 5.75 Å². The second-order valence-electron chi connectivity index (χ2n) is 2.99. The molecule has 0 aliphatic rings. The average Bonchev–Trinajstić information content (AvgIpc) is 2.18. The minimum Gasteiger partial charge on any atom is -0.398 e. The monoisotopic (exact) mass is 249 g/mol. The molecule has 0 aliphatic carbocycles. The molecule has 0 radical (unpaired) electrons. The van der Waals surface area contributed by atoms with E-state index >= 15 is 0 Å². The van der Waals surface area contributed by atoms with Crippen LogP contribution >= 0.6 is 11.8 Å². The van der Waals surface area contributed by atoms with Gasteiger partial charge in [0.2, 0.25) is 0 Å². The highest BCUT2D eigenvalue weighted by Gasteiger charge is 2.17. The van der Waals surface area contributed by atoms with Crippen LogP contribution in [0.5, 0.6) is 0 Å². The number of thioether (sulfide) groups is 1. The number of halogens is 1. The van der Waals surface area contributed by atoms with E-state index in [1.165, 1.54) is 17.8 Å². The Morgan fingerprint density at radius 3 is 2.73 bits per heavy atom. The van der Waals surface area contributed by atoms with Crippen LogP contribution in [0.2, 0.25) is 0 Å². The fourth-order valence-corrected chi connectivity index (χ4v) is 3.56. The van der Waals surface area contributed by atoms with Crippen molar-refractivity contribution in [2.75, 3.05) is 23.5 Å². The van der Waals surface area contributed by atoms with Gasteiger partial charge in [-0.25, -0.2) is 12.8 Å². The smallest absolute Gasteiger partial charge is 0.181 e. The Labute approximate surface area is 92.8 Å². The summed E-state index contributed by atoms with van der Waals surface area (Å²) in [6, 6.07) is 3.37. The fourth-order valence-electron chi connectivity index (χ4n) is 1.08. The first-order valence-corrected chi connectivity index (χ1v) is 7.28. The summed E-state index contributed by atoms with van der Waals surface area (Å²) in [5.41, 5.74) is 5.59. The van der Waals surface area contributed by atoms with E-state index in [9.17, 15) is 12.8 Å². The Kier molecular flexibility index (Phi) is 3.98. The normalized spacial score (nSPS) is 11.6. The molecule has 0 amide bonds. The fraction of sp³-hybridized carbons (Fsp3) is 0.333. The van der Waals surface area contributed by atoms with E-state index in [1.807, 2.05) is 6.26 Å². The number of benzene rings is 1. The molecule has 0 bridgehead atoms. The highest BCUT2D eigenvalue weighted by molar-refractivity contribution is 8.00. The molecular formula is C9H12FNO2S2. The van der Waals surface area contributed by atoms with E-state index < -0.39 is 15.7 Å². The van der Waals surface area contributed by atoms with Gasteiger partial charge in [-0.15, -0.1) is 0 Å². The zero-order valence-corrected chi connectivity index (χ0v) is 9.87. The Hall–Kier alpha value is -0.750. The third-order valence-corrected chi connectivity index (χ3v) is 4.50. The predicted molar refractivity (Wildman–Crippen MR) is 61.2 cm³/mol. The van der Waals surface area contributed by atoms with Crippen LogP contribution in [0.25, 0.3) is 0 Å². The number of nitrogens with two attached hydrogens (primary N) is 1. The van der Waals surface area contributed by atoms with Crippen LogP contribution in [-0.4, -0.2) is 26.2 Å². The number of rotatable bonds is 4. The number of hydrogen-bond acceptors (Lipinski definition) is 4. The Morgan fingerprint density at radius 1 is 1.47 bits per heavy atom. The van der Waals surface area contributed by atoms with Gasteiger partial charge in [0.05, 0.1) is 16.3 Å². The summed E-state index contributed by atoms with van der Waals surface area (Å²) in [5, 5.41) is 0. The van der Waals surface area contributed by atoms with Gasteiger partial charge in [0.1, 0.15) is 5.82 Å². The van der Waals surface area contributed by atoms with Gasteiger partial charge in [-0.2, -0.15) is 11.8 Å². The van der Waals surface area contributed by atoms with Crippen LogP contribution in [0.4, 0.5) is 10.1 Å². The molecule has 0 atom stereocenters. The van der Waals surface area contributed by atoms with Gasteiger partial charge in [-0.1, -0.05) is 0 Å². The van der Waals surface area contributed by atoms with Crippen molar-refractivity contribution in [1.29, 1.82) is 0 Å². The largest absolute Gasteiger partial charge is 0.398 e. The standard InChI is InChI=1S/C9H12FNO2S2/c1-14-4-5-15(12,13)9-6-7(10)2-3-8(9)11/h2-3,6H,4-5,11H2,1H3. The van der Waals surface area contributed by atoms with Gasteiger partial charge in [0.15, 0.2) is 9.84 Å². The van der Waals surface area contributed by atoms with Crippen LogP contribution in [0.3, 0.4) is 0 Å². The maximum Gasteiger partial charge on any atom is 0.181 e. The summed E-state index contributed by atoms with van der Waals surface area (Å²) in [5.74, 6) is -0.146. The Balaban J connectivity index is 3.09. The SMILES string of the molecule is CSCCS(=O)(=O)c1cc(F)ccc1N. The van der Waals surface area contributed by atoms with Crippen molar-refractivity contribution in [3.05, 3.63) is 24.0 Å². The zero-order chi connectivity index (χ0) is 11.5. The lowest BCUT2D eigenvalue weighted by Gasteiger charge is -2.06. The van der Waals surface area contributed by atoms with Gasteiger partial charge < -0.3 is 5.73 Å². The molecule has 3 nitrogen and oxygen atoms in total. The molecule has 0 saturated heterocycles. The zero-order valence-electron chi connectivity index (χ0n) is 8.23. The van der Waals surface area contributed by atoms with Crippen LogP contribution in [-0.2, 0) is 9.84 Å². The third kappa shape index (κ3) is 3.10. The molecule has 15 heavy (non-hydrogen) atoms. The second-order valence-corrected chi connectivity index (χ2v) is 6.06. The molecular weight excluding hydrogens is 237 g/mol. The maximum absolute atomic E-state index is 12.9. The van der Waals surface area contributed by atoms with E-state index in [0.29, 0.717) is 5.75 Å². The summed E-state index contributed by atoms with van der Waals surface area (Å²) in [4.78, 5) is -0.114. The summed E-state index contributed by atoms with van der Waals surface area (Å²) < 4.78 is 36.3. The van der Waals surface area contributed by atoms with Crippen LogP contribution in [0.1, 0.15) is 0 Å². The van der Waals surface area contributed by atoms with Crippen LogP contribution < -0.4 is 5.73 Å². The number of hydrogen-bond donors (Lipinski definition) is 1. The predicted octanol–water partition coefficient (Wildman–Crippen LogP) is 1.54. The van der Waals surface area contributed by atoms with Crippen molar-refractivity contribution in [2.24, 2.45) is 0 Å². The van der Waals surface area contributed by atoms with Crippen molar-refractivity contribution in [1.82, 2.24) is 0 Å². The average molecular weight is 249 g/mol. The third-order valence-electron chi connectivity index (χ3n) is 1.87. The molecule has 0 saturated carbocycles. The highest BCUT2D eigenvalue weighted by Crippen LogP contribution is 2.21. The molecule has 0 spiro atoms. The first-order valence-electron chi connectivity index (χ1n) is 4.24. The molecule has 0 fully saturated rings.